The zero-order valence-electron chi connectivity index (χ0n) is 9.81. The standard InChI is InChI=1S/C12H14ClFN4/c13-12-3-2-11(14)8-10(12)9-15-4-1-6-18-7-5-16-17-18/h2-3,5,7-8,15H,1,4,6,9H2. The fourth-order valence-electron chi connectivity index (χ4n) is 1.62. The van der Waals surface area contributed by atoms with Gasteiger partial charge in [-0.25, -0.2) is 4.39 Å². The van der Waals surface area contributed by atoms with Gasteiger partial charge in [-0.05, 0) is 36.7 Å². The van der Waals surface area contributed by atoms with Crippen LogP contribution in [0.25, 0.3) is 0 Å². The van der Waals surface area contributed by atoms with Crippen LogP contribution in [-0.4, -0.2) is 21.5 Å². The maximum absolute atomic E-state index is 13.0. The highest BCUT2D eigenvalue weighted by atomic mass is 35.5. The molecule has 18 heavy (non-hydrogen) atoms. The quantitative estimate of drug-likeness (QED) is 0.817. The summed E-state index contributed by atoms with van der Waals surface area (Å²) >= 11 is 5.96. The first-order chi connectivity index (χ1) is 8.75. The van der Waals surface area contributed by atoms with Gasteiger partial charge in [-0.15, -0.1) is 5.10 Å². The van der Waals surface area contributed by atoms with Crippen LogP contribution in [0.15, 0.2) is 30.6 Å². The normalized spacial score (nSPS) is 10.8. The fraction of sp³-hybridized carbons (Fsp3) is 0.333. The van der Waals surface area contributed by atoms with Crippen LogP contribution in [0, 0.1) is 5.82 Å². The third-order valence-electron chi connectivity index (χ3n) is 2.54. The summed E-state index contributed by atoms with van der Waals surface area (Å²) in [5.74, 6) is -0.265. The molecule has 0 atom stereocenters. The molecule has 0 fully saturated rings. The van der Waals surface area contributed by atoms with E-state index >= 15 is 0 Å². The molecule has 0 spiro atoms. The molecule has 0 unspecified atom stereocenters. The highest BCUT2D eigenvalue weighted by molar-refractivity contribution is 6.31. The van der Waals surface area contributed by atoms with Crippen molar-refractivity contribution in [2.75, 3.05) is 6.54 Å². The summed E-state index contributed by atoms with van der Waals surface area (Å²) < 4.78 is 14.8. The number of nitrogens with one attached hydrogen (secondary N) is 1. The van der Waals surface area contributed by atoms with Crippen LogP contribution in [0.2, 0.25) is 5.02 Å². The second kappa shape index (κ2) is 6.47. The third-order valence-corrected chi connectivity index (χ3v) is 2.90. The average Bonchev–Trinajstić information content (AvgIpc) is 2.86. The molecule has 0 aliphatic heterocycles. The highest BCUT2D eigenvalue weighted by Crippen LogP contribution is 2.16. The summed E-state index contributed by atoms with van der Waals surface area (Å²) in [4.78, 5) is 0. The van der Waals surface area contributed by atoms with E-state index < -0.39 is 0 Å². The van der Waals surface area contributed by atoms with Crippen LogP contribution in [-0.2, 0) is 13.1 Å². The molecule has 0 saturated heterocycles. The van der Waals surface area contributed by atoms with Crippen molar-refractivity contribution in [2.24, 2.45) is 0 Å². The molecule has 1 aromatic heterocycles. The minimum Gasteiger partial charge on any atom is -0.313 e. The number of hydrogen-bond donors (Lipinski definition) is 1. The molecule has 0 amide bonds. The zero-order valence-corrected chi connectivity index (χ0v) is 10.6. The molecule has 1 aromatic carbocycles. The first kappa shape index (κ1) is 13.0. The highest BCUT2D eigenvalue weighted by Gasteiger charge is 2.01. The number of aryl methyl sites for hydroxylation is 1. The summed E-state index contributed by atoms with van der Waals surface area (Å²) in [6, 6.07) is 4.38. The molecule has 2 aromatic rings. The predicted molar refractivity (Wildman–Crippen MR) is 67.8 cm³/mol. The van der Waals surface area contributed by atoms with Gasteiger partial charge in [0, 0.05) is 24.3 Å². The van der Waals surface area contributed by atoms with Gasteiger partial charge in [0.1, 0.15) is 5.82 Å². The van der Waals surface area contributed by atoms with Crippen LogP contribution in [0.1, 0.15) is 12.0 Å². The largest absolute Gasteiger partial charge is 0.313 e. The second-order valence-corrected chi connectivity index (χ2v) is 4.34. The van der Waals surface area contributed by atoms with Crippen LogP contribution in [0.3, 0.4) is 0 Å². The lowest BCUT2D eigenvalue weighted by Gasteiger charge is -2.06. The van der Waals surface area contributed by atoms with Gasteiger partial charge in [-0.3, -0.25) is 4.68 Å². The Morgan fingerprint density at radius 3 is 3.06 bits per heavy atom. The Labute approximate surface area is 110 Å². The van der Waals surface area contributed by atoms with Crippen molar-refractivity contribution in [3.8, 4) is 0 Å². The Balaban J connectivity index is 1.70. The number of halogens is 2. The number of hydrogen-bond acceptors (Lipinski definition) is 3. The van der Waals surface area contributed by atoms with Crippen molar-refractivity contribution in [3.05, 3.63) is 47.0 Å². The Morgan fingerprint density at radius 1 is 1.39 bits per heavy atom. The number of nitrogens with zero attached hydrogens (tertiary/aromatic N) is 3. The molecule has 2 rings (SSSR count). The van der Waals surface area contributed by atoms with E-state index in [2.05, 4.69) is 15.6 Å². The van der Waals surface area contributed by atoms with Gasteiger partial charge in [0.2, 0.25) is 0 Å². The molecule has 4 nitrogen and oxygen atoms in total. The molecule has 1 N–H and O–H groups in total. The van der Waals surface area contributed by atoms with Crippen molar-refractivity contribution in [3.63, 3.8) is 0 Å². The van der Waals surface area contributed by atoms with Crippen molar-refractivity contribution < 1.29 is 4.39 Å². The summed E-state index contributed by atoms with van der Waals surface area (Å²) in [6.07, 6.45) is 4.40. The predicted octanol–water partition coefficient (Wildman–Crippen LogP) is 2.25. The summed E-state index contributed by atoms with van der Waals surface area (Å²) in [5.41, 5.74) is 0.775. The van der Waals surface area contributed by atoms with Gasteiger partial charge >= 0.3 is 0 Å². The molecular formula is C12H14ClFN4. The number of rotatable bonds is 6. The van der Waals surface area contributed by atoms with E-state index in [1.807, 2.05) is 6.20 Å². The van der Waals surface area contributed by atoms with E-state index in [0.717, 1.165) is 25.1 Å². The zero-order chi connectivity index (χ0) is 12.8. The van der Waals surface area contributed by atoms with Crippen molar-refractivity contribution in [2.45, 2.75) is 19.5 Å². The molecule has 1 heterocycles. The number of aromatic nitrogens is 3. The lowest BCUT2D eigenvalue weighted by Crippen LogP contribution is -2.17. The van der Waals surface area contributed by atoms with E-state index in [0.29, 0.717) is 11.6 Å². The van der Waals surface area contributed by atoms with Crippen LogP contribution >= 0.6 is 11.6 Å². The number of benzene rings is 1. The average molecular weight is 269 g/mol. The maximum Gasteiger partial charge on any atom is 0.123 e. The van der Waals surface area contributed by atoms with Crippen LogP contribution in [0.5, 0.6) is 0 Å². The molecule has 0 saturated carbocycles. The van der Waals surface area contributed by atoms with E-state index in [4.69, 9.17) is 11.6 Å². The molecular weight excluding hydrogens is 255 g/mol. The topological polar surface area (TPSA) is 42.7 Å². The maximum atomic E-state index is 13.0. The molecule has 6 heteroatoms. The third kappa shape index (κ3) is 3.78. The minimum absolute atomic E-state index is 0.265. The Bertz CT molecular complexity index is 487. The Morgan fingerprint density at radius 2 is 2.28 bits per heavy atom. The van der Waals surface area contributed by atoms with Gasteiger partial charge in [0.05, 0.1) is 6.20 Å². The monoisotopic (exact) mass is 268 g/mol. The molecule has 0 radical (unpaired) electrons. The lowest BCUT2D eigenvalue weighted by molar-refractivity contribution is 0.529. The minimum atomic E-state index is -0.265. The first-order valence-corrected chi connectivity index (χ1v) is 6.12. The SMILES string of the molecule is Fc1ccc(Cl)c(CNCCCn2ccnn2)c1. The summed E-state index contributed by atoms with van der Waals surface area (Å²) in [6.45, 7) is 2.19. The van der Waals surface area contributed by atoms with Gasteiger partial charge in [0.15, 0.2) is 0 Å². The van der Waals surface area contributed by atoms with E-state index in [9.17, 15) is 4.39 Å². The molecule has 0 bridgehead atoms. The van der Waals surface area contributed by atoms with E-state index in [1.165, 1.54) is 12.1 Å². The van der Waals surface area contributed by atoms with Crippen LogP contribution in [0.4, 0.5) is 4.39 Å². The smallest absolute Gasteiger partial charge is 0.123 e. The van der Waals surface area contributed by atoms with Gasteiger partial charge in [-0.2, -0.15) is 0 Å². The van der Waals surface area contributed by atoms with Crippen molar-refractivity contribution in [1.82, 2.24) is 20.3 Å². The van der Waals surface area contributed by atoms with Crippen LogP contribution < -0.4 is 5.32 Å². The molecule has 96 valence electrons. The Kier molecular flexibility index (Phi) is 4.66. The Hall–Kier alpha value is -1.46. The molecule has 0 aliphatic carbocycles. The van der Waals surface area contributed by atoms with E-state index in [-0.39, 0.29) is 5.82 Å². The fourth-order valence-corrected chi connectivity index (χ4v) is 1.80. The lowest BCUT2D eigenvalue weighted by atomic mass is 10.2. The first-order valence-electron chi connectivity index (χ1n) is 5.74. The summed E-state index contributed by atoms with van der Waals surface area (Å²) in [7, 11) is 0. The van der Waals surface area contributed by atoms with E-state index in [1.54, 1.807) is 16.9 Å². The second-order valence-electron chi connectivity index (χ2n) is 3.93. The van der Waals surface area contributed by atoms with Gasteiger partial charge in [0.25, 0.3) is 0 Å². The van der Waals surface area contributed by atoms with Gasteiger partial charge < -0.3 is 5.32 Å². The van der Waals surface area contributed by atoms with Crippen molar-refractivity contribution in [1.29, 1.82) is 0 Å². The summed E-state index contributed by atoms with van der Waals surface area (Å²) in [5, 5.41) is 11.4. The van der Waals surface area contributed by atoms with Crippen molar-refractivity contribution >= 4 is 11.6 Å². The van der Waals surface area contributed by atoms with Gasteiger partial charge in [-0.1, -0.05) is 16.8 Å². The molecule has 0 aliphatic rings.